The molecule has 1 aromatic carbocycles. The minimum Gasteiger partial charge on any atom is -0.314 e. The highest BCUT2D eigenvalue weighted by Crippen LogP contribution is 2.29. The van der Waals surface area contributed by atoms with Gasteiger partial charge in [0.05, 0.1) is 16.3 Å². The van der Waals surface area contributed by atoms with Crippen LogP contribution in [0.3, 0.4) is 0 Å². The van der Waals surface area contributed by atoms with Crippen molar-refractivity contribution in [1.29, 1.82) is 5.26 Å². The van der Waals surface area contributed by atoms with Crippen molar-refractivity contribution in [3.8, 4) is 6.07 Å². The van der Waals surface area contributed by atoms with E-state index in [0.717, 1.165) is 34.9 Å². The first-order valence-corrected chi connectivity index (χ1v) is 8.09. The maximum atomic E-state index is 8.82. The Morgan fingerprint density at radius 2 is 2.21 bits per heavy atom. The lowest BCUT2D eigenvalue weighted by Gasteiger charge is -2.13. The second-order valence-corrected chi connectivity index (χ2v) is 7.16. The highest BCUT2D eigenvalue weighted by molar-refractivity contribution is 8.01. The summed E-state index contributed by atoms with van der Waals surface area (Å²) in [7, 11) is 0. The summed E-state index contributed by atoms with van der Waals surface area (Å²) in [5.41, 5.74) is 6.18. The minimum atomic E-state index is -0.680. The zero-order valence-electron chi connectivity index (χ0n) is 10.9. The van der Waals surface area contributed by atoms with E-state index in [9.17, 15) is 0 Å². The first-order valence-electron chi connectivity index (χ1n) is 6.29. The molecule has 1 atom stereocenters. The Hall–Kier alpha value is -1.09. The molecule has 0 bridgehead atoms. The quantitative estimate of drug-likeness (QED) is 0.649. The van der Waals surface area contributed by atoms with Gasteiger partial charge in [0, 0.05) is 5.75 Å². The molecule has 0 aliphatic heterocycles. The number of rotatable bonds is 6. The van der Waals surface area contributed by atoms with Crippen LogP contribution in [0.15, 0.2) is 28.6 Å². The van der Waals surface area contributed by atoms with Crippen molar-refractivity contribution in [2.75, 3.05) is 5.75 Å². The van der Waals surface area contributed by atoms with Gasteiger partial charge in [0.2, 0.25) is 0 Å². The largest absolute Gasteiger partial charge is 0.314 e. The van der Waals surface area contributed by atoms with E-state index in [1.807, 2.05) is 18.2 Å². The number of hydrogen-bond acceptors (Lipinski definition) is 5. The second-order valence-electron chi connectivity index (χ2n) is 4.78. The monoisotopic (exact) mass is 291 g/mol. The Balaban J connectivity index is 1.76. The molecule has 0 fully saturated rings. The molecular formula is C14H17N3S2. The third kappa shape index (κ3) is 4.20. The van der Waals surface area contributed by atoms with Gasteiger partial charge >= 0.3 is 0 Å². The van der Waals surface area contributed by atoms with E-state index in [1.165, 1.54) is 4.70 Å². The fourth-order valence-electron chi connectivity index (χ4n) is 1.72. The molecule has 2 N–H and O–H groups in total. The summed E-state index contributed by atoms with van der Waals surface area (Å²) in [4.78, 5) is 4.58. The lowest BCUT2D eigenvalue weighted by atomic mass is 9.99. The molecule has 19 heavy (non-hydrogen) atoms. The Morgan fingerprint density at radius 3 is 2.95 bits per heavy atom. The third-order valence-corrected chi connectivity index (χ3v) is 5.11. The Kier molecular flexibility index (Phi) is 4.81. The first kappa shape index (κ1) is 14.3. The van der Waals surface area contributed by atoms with Gasteiger partial charge in [-0.25, -0.2) is 4.98 Å². The summed E-state index contributed by atoms with van der Waals surface area (Å²) in [6.07, 6.45) is 2.80. The number of thioether (sulfide) groups is 1. The first-order chi connectivity index (χ1) is 9.11. The van der Waals surface area contributed by atoms with E-state index in [2.05, 4.69) is 17.1 Å². The summed E-state index contributed by atoms with van der Waals surface area (Å²) < 4.78 is 2.36. The molecule has 2 rings (SSSR count). The number of benzene rings is 1. The lowest BCUT2D eigenvalue weighted by molar-refractivity contribution is 0.519. The molecule has 1 heterocycles. The number of para-hydroxylation sites is 1. The molecule has 3 nitrogen and oxygen atoms in total. The molecule has 0 radical (unpaired) electrons. The molecule has 1 unspecified atom stereocenters. The third-order valence-electron chi connectivity index (χ3n) is 2.85. The number of fused-ring (bicyclic) bond motifs is 1. The van der Waals surface area contributed by atoms with Gasteiger partial charge in [-0.3, -0.25) is 0 Å². The minimum absolute atomic E-state index is 0.680. The molecule has 0 spiro atoms. The van der Waals surface area contributed by atoms with Gasteiger partial charge in [-0.1, -0.05) is 23.9 Å². The summed E-state index contributed by atoms with van der Waals surface area (Å²) in [6, 6.07) is 10.3. The van der Waals surface area contributed by atoms with Gasteiger partial charge < -0.3 is 5.73 Å². The molecule has 0 amide bonds. The number of aromatic nitrogens is 1. The molecule has 0 saturated heterocycles. The molecule has 1 aromatic heterocycles. The van der Waals surface area contributed by atoms with Gasteiger partial charge in [0.25, 0.3) is 0 Å². The average molecular weight is 291 g/mol. The fraction of sp³-hybridized carbons (Fsp3) is 0.429. The van der Waals surface area contributed by atoms with Crippen molar-refractivity contribution in [2.45, 2.75) is 36.1 Å². The molecule has 5 heteroatoms. The lowest BCUT2D eigenvalue weighted by Crippen LogP contribution is -2.33. The number of hydrogen-bond donors (Lipinski definition) is 1. The van der Waals surface area contributed by atoms with Crippen LogP contribution in [0.25, 0.3) is 10.2 Å². The van der Waals surface area contributed by atoms with Crippen molar-refractivity contribution < 1.29 is 0 Å². The van der Waals surface area contributed by atoms with Crippen LogP contribution in [0.5, 0.6) is 0 Å². The van der Waals surface area contributed by atoms with Gasteiger partial charge in [-0.15, -0.1) is 11.3 Å². The second kappa shape index (κ2) is 6.38. The van der Waals surface area contributed by atoms with E-state index in [1.54, 1.807) is 30.0 Å². The van der Waals surface area contributed by atoms with Crippen LogP contribution in [-0.4, -0.2) is 16.3 Å². The predicted octanol–water partition coefficient (Wildman–Crippen LogP) is 3.80. The average Bonchev–Trinajstić information content (AvgIpc) is 2.81. The normalized spacial score (nSPS) is 14.2. The molecule has 2 aromatic rings. The Bertz CT molecular complexity index is 551. The van der Waals surface area contributed by atoms with E-state index in [0.29, 0.717) is 0 Å². The standard InChI is InChI=1S/C14H17N3S2/c1-14(16,10-15)8-4-5-9-18-13-17-11-6-2-3-7-12(11)19-13/h2-3,6-7H,4-5,8-9,16H2,1H3. The van der Waals surface area contributed by atoms with Crippen LogP contribution in [0.2, 0.25) is 0 Å². The number of nitrogens with zero attached hydrogens (tertiary/aromatic N) is 2. The molecular weight excluding hydrogens is 274 g/mol. The van der Waals surface area contributed by atoms with E-state index in [4.69, 9.17) is 11.0 Å². The SMILES string of the molecule is CC(N)(C#N)CCCCSc1nc2ccccc2s1. The summed E-state index contributed by atoms with van der Waals surface area (Å²) in [5.74, 6) is 1.03. The topological polar surface area (TPSA) is 62.7 Å². The maximum absolute atomic E-state index is 8.82. The zero-order valence-corrected chi connectivity index (χ0v) is 12.6. The highest BCUT2D eigenvalue weighted by atomic mass is 32.2. The van der Waals surface area contributed by atoms with Gasteiger partial charge in [0.1, 0.15) is 5.54 Å². The summed E-state index contributed by atoms with van der Waals surface area (Å²) in [5, 5.41) is 8.82. The van der Waals surface area contributed by atoms with E-state index < -0.39 is 5.54 Å². The van der Waals surface area contributed by atoms with Crippen molar-refractivity contribution in [3.05, 3.63) is 24.3 Å². The van der Waals surface area contributed by atoms with Crippen LogP contribution in [0, 0.1) is 11.3 Å². The highest BCUT2D eigenvalue weighted by Gasteiger charge is 2.15. The fourth-order valence-corrected chi connectivity index (χ4v) is 3.86. The smallest absolute Gasteiger partial charge is 0.151 e. The number of nitrogens with two attached hydrogens (primary N) is 1. The number of unbranched alkanes of at least 4 members (excludes halogenated alkanes) is 1. The van der Waals surface area contributed by atoms with E-state index >= 15 is 0 Å². The van der Waals surface area contributed by atoms with Crippen LogP contribution in [-0.2, 0) is 0 Å². The molecule has 0 aliphatic rings. The maximum Gasteiger partial charge on any atom is 0.151 e. The van der Waals surface area contributed by atoms with E-state index in [-0.39, 0.29) is 0 Å². The van der Waals surface area contributed by atoms with Crippen LogP contribution in [0.4, 0.5) is 0 Å². The molecule has 0 saturated carbocycles. The zero-order chi connectivity index (χ0) is 13.7. The molecule has 100 valence electrons. The van der Waals surface area contributed by atoms with Crippen molar-refractivity contribution in [1.82, 2.24) is 4.98 Å². The van der Waals surface area contributed by atoms with Crippen LogP contribution >= 0.6 is 23.1 Å². The van der Waals surface area contributed by atoms with Crippen molar-refractivity contribution in [3.63, 3.8) is 0 Å². The number of thiazole rings is 1. The van der Waals surface area contributed by atoms with Crippen molar-refractivity contribution >= 4 is 33.3 Å². The van der Waals surface area contributed by atoms with Gasteiger partial charge in [-0.2, -0.15) is 5.26 Å². The summed E-state index contributed by atoms with van der Waals surface area (Å²) in [6.45, 7) is 1.79. The predicted molar refractivity (Wildman–Crippen MR) is 82.4 cm³/mol. The van der Waals surface area contributed by atoms with Crippen molar-refractivity contribution in [2.24, 2.45) is 5.73 Å². The Labute approximate surface area is 121 Å². The number of nitriles is 1. The molecule has 0 aliphatic carbocycles. The van der Waals surface area contributed by atoms with Crippen LogP contribution < -0.4 is 5.73 Å². The van der Waals surface area contributed by atoms with Gasteiger partial charge in [-0.05, 0) is 38.3 Å². The van der Waals surface area contributed by atoms with Crippen LogP contribution in [0.1, 0.15) is 26.2 Å². The van der Waals surface area contributed by atoms with Gasteiger partial charge in [0.15, 0.2) is 4.34 Å². The Morgan fingerprint density at radius 1 is 1.42 bits per heavy atom. The summed E-state index contributed by atoms with van der Waals surface area (Å²) >= 11 is 3.53.